The van der Waals surface area contributed by atoms with Crippen LogP contribution in [0.25, 0.3) is 0 Å². The van der Waals surface area contributed by atoms with E-state index in [2.05, 4.69) is 20.0 Å². The highest BCUT2D eigenvalue weighted by Crippen LogP contribution is 2.38. The standard InChI is InChI=1S/C19H32N4O4S/c1-4-26-19-18(13(2)21-12-22-19)14-5-7-15(8-6-14)27-11-17-16(9-10-20-17)23-28(3,24)25/h12,14-17,20,23H,4-11H2,1-3H3/t14?,15?,16-,17-/m0/s1. The molecule has 2 heterocycles. The molecule has 1 aromatic heterocycles. The summed E-state index contributed by atoms with van der Waals surface area (Å²) in [6.07, 6.45) is 7.75. The van der Waals surface area contributed by atoms with Crippen LogP contribution < -0.4 is 14.8 Å². The maximum atomic E-state index is 11.5. The van der Waals surface area contributed by atoms with Crippen molar-refractivity contribution in [1.82, 2.24) is 20.0 Å². The van der Waals surface area contributed by atoms with Gasteiger partial charge in [-0.25, -0.2) is 23.1 Å². The minimum Gasteiger partial charge on any atom is -0.478 e. The van der Waals surface area contributed by atoms with Crippen LogP contribution in [-0.4, -0.2) is 62.6 Å². The lowest BCUT2D eigenvalue weighted by Crippen LogP contribution is -2.46. The summed E-state index contributed by atoms with van der Waals surface area (Å²) in [5.74, 6) is 1.11. The van der Waals surface area contributed by atoms with Gasteiger partial charge in [0.2, 0.25) is 15.9 Å². The molecule has 2 aliphatic rings. The molecule has 8 nitrogen and oxygen atoms in total. The van der Waals surface area contributed by atoms with Crippen molar-refractivity contribution in [2.45, 2.75) is 70.1 Å². The van der Waals surface area contributed by atoms with Gasteiger partial charge in [0, 0.05) is 23.3 Å². The summed E-state index contributed by atoms with van der Waals surface area (Å²) in [4.78, 5) is 8.68. The Balaban J connectivity index is 1.51. The molecule has 1 saturated heterocycles. The Morgan fingerprint density at radius 2 is 1.96 bits per heavy atom. The van der Waals surface area contributed by atoms with Crippen molar-refractivity contribution in [3.05, 3.63) is 17.6 Å². The van der Waals surface area contributed by atoms with Crippen molar-refractivity contribution in [2.24, 2.45) is 0 Å². The van der Waals surface area contributed by atoms with Gasteiger partial charge in [-0.2, -0.15) is 0 Å². The zero-order valence-corrected chi connectivity index (χ0v) is 17.8. The van der Waals surface area contributed by atoms with Gasteiger partial charge < -0.3 is 14.8 Å². The normalized spacial score (nSPS) is 28.4. The molecule has 1 aromatic rings. The van der Waals surface area contributed by atoms with E-state index in [9.17, 15) is 8.42 Å². The number of nitrogens with zero attached hydrogens (tertiary/aromatic N) is 2. The molecule has 0 spiro atoms. The van der Waals surface area contributed by atoms with Crippen LogP contribution in [0.15, 0.2) is 6.33 Å². The van der Waals surface area contributed by atoms with Gasteiger partial charge in [-0.15, -0.1) is 0 Å². The average Bonchev–Trinajstić information content (AvgIpc) is 3.06. The third kappa shape index (κ3) is 5.62. The fourth-order valence-corrected chi connectivity index (χ4v) is 5.13. The summed E-state index contributed by atoms with van der Waals surface area (Å²) in [7, 11) is -3.20. The molecule has 2 fully saturated rings. The first-order chi connectivity index (χ1) is 13.4. The maximum Gasteiger partial charge on any atom is 0.220 e. The number of aryl methyl sites for hydroxylation is 1. The van der Waals surface area contributed by atoms with Crippen LogP contribution in [0.1, 0.15) is 56.2 Å². The van der Waals surface area contributed by atoms with Crippen LogP contribution in [0.2, 0.25) is 0 Å². The quantitative estimate of drug-likeness (QED) is 0.667. The van der Waals surface area contributed by atoms with Crippen LogP contribution in [-0.2, 0) is 14.8 Å². The Morgan fingerprint density at radius 1 is 1.21 bits per heavy atom. The molecule has 0 bridgehead atoms. The first-order valence-electron chi connectivity index (χ1n) is 10.1. The van der Waals surface area contributed by atoms with Gasteiger partial charge >= 0.3 is 0 Å². The van der Waals surface area contributed by atoms with Crippen LogP contribution >= 0.6 is 0 Å². The van der Waals surface area contributed by atoms with Gasteiger partial charge in [0.25, 0.3) is 0 Å². The predicted octanol–water partition coefficient (Wildman–Crippen LogP) is 1.51. The summed E-state index contributed by atoms with van der Waals surface area (Å²) in [6.45, 7) is 5.92. The van der Waals surface area contributed by atoms with Crippen molar-refractivity contribution in [1.29, 1.82) is 0 Å². The predicted molar refractivity (Wildman–Crippen MR) is 107 cm³/mol. The van der Waals surface area contributed by atoms with Crippen LogP contribution in [0.4, 0.5) is 0 Å². The maximum absolute atomic E-state index is 11.5. The van der Waals surface area contributed by atoms with Gasteiger partial charge in [0.15, 0.2) is 0 Å². The van der Waals surface area contributed by atoms with Crippen molar-refractivity contribution in [2.75, 3.05) is 26.0 Å². The molecule has 0 unspecified atom stereocenters. The monoisotopic (exact) mass is 412 g/mol. The van der Waals surface area contributed by atoms with Crippen LogP contribution in [0, 0.1) is 6.92 Å². The molecule has 1 aliphatic carbocycles. The lowest BCUT2D eigenvalue weighted by Gasteiger charge is -2.31. The smallest absolute Gasteiger partial charge is 0.220 e. The number of nitrogens with one attached hydrogen (secondary N) is 2. The number of ether oxygens (including phenoxy) is 2. The largest absolute Gasteiger partial charge is 0.478 e. The molecule has 0 aromatic carbocycles. The van der Waals surface area contributed by atoms with E-state index < -0.39 is 10.0 Å². The Kier molecular flexibility index (Phi) is 7.25. The molecule has 1 saturated carbocycles. The van der Waals surface area contributed by atoms with Crippen molar-refractivity contribution in [3.63, 3.8) is 0 Å². The summed E-state index contributed by atoms with van der Waals surface area (Å²) in [5.41, 5.74) is 2.13. The van der Waals surface area contributed by atoms with Gasteiger partial charge in [-0.1, -0.05) is 0 Å². The van der Waals surface area contributed by atoms with Gasteiger partial charge in [0.1, 0.15) is 6.33 Å². The fourth-order valence-electron chi connectivity index (χ4n) is 4.30. The van der Waals surface area contributed by atoms with E-state index in [1.165, 1.54) is 6.26 Å². The third-order valence-corrected chi connectivity index (χ3v) is 6.37. The molecule has 3 rings (SSSR count). The number of rotatable bonds is 8. The summed E-state index contributed by atoms with van der Waals surface area (Å²) >= 11 is 0. The van der Waals surface area contributed by atoms with E-state index in [1.54, 1.807) is 6.33 Å². The van der Waals surface area contributed by atoms with E-state index >= 15 is 0 Å². The van der Waals surface area contributed by atoms with Gasteiger partial charge in [-0.05, 0) is 58.4 Å². The topological polar surface area (TPSA) is 102 Å². The van der Waals surface area contributed by atoms with E-state index in [1.807, 2.05) is 13.8 Å². The molecule has 2 N–H and O–H groups in total. The lowest BCUT2D eigenvalue weighted by atomic mass is 9.82. The summed E-state index contributed by atoms with van der Waals surface area (Å²) in [6, 6.07) is -0.0639. The number of hydrogen-bond acceptors (Lipinski definition) is 7. The minimum atomic E-state index is -3.20. The SMILES string of the molecule is CCOc1ncnc(C)c1C1CCC(OC[C@@H]2NCC[C@@H]2NS(C)(=O)=O)CC1. The summed E-state index contributed by atoms with van der Waals surface area (Å²) in [5, 5.41) is 3.35. The second-order valence-electron chi connectivity index (χ2n) is 7.76. The Morgan fingerprint density at radius 3 is 2.64 bits per heavy atom. The number of sulfonamides is 1. The third-order valence-electron chi connectivity index (χ3n) is 5.63. The van der Waals surface area contributed by atoms with E-state index in [0.717, 1.165) is 49.9 Å². The molecule has 2 atom stereocenters. The van der Waals surface area contributed by atoms with Gasteiger partial charge in [-0.3, -0.25) is 0 Å². The molecular formula is C19H32N4O4S. The lowest BCUT2D eigenvalue weighted by molar-refractivity contribution is 0.0124. The second kappa shape index (κ2) is 9.47. The number of hydrogen-bond donors (Lipinski definition) is 2. The highest BCUT2D eigenvalue weighted by atomic mass is 32.2. The molecule has 0 radical (unpaired) electrons. The first kappa shape index (κ1) is 21.4. The molecule has 1 aliphatic heterocycles. The minimum absolute atomic E-state index is 0.0294. The van der Waals surface area contributed by atoms with Gasteiger partial charge in [0.05, 0.1) is 25.6 Å². The van der Waals surface area contributed by atoms with E-state index in [4.69, 9.17) is 9.47 Å². The Hall–Kier alpha value is -1.29. The molecule has 28 heavy (non-hydrogen) atoms. The highest BCUT2D eigenvalue weighted by molar-refractivity contribution is 7.88. The molecule has 0 amide bonds. The molecule has 158 valence electrons. The zero-order valence-electron chi connectivity index (χ0n) is 17.0. The zero-order chi connectivity index (χ0) is 20.1. The average molecular weight is 413 g/mol. The molecular weight excluding hydrogens is 380 g/mol. The van der Waals surface area contributed by atoms with Crippen LogP contribution in [0.3, 0.4) is 0 Å². The van der Waals surface area contributed by atoms with Crippen molar-refractivity contribution in [3.8, 4) is 5.88 Å². The van der Waals surface area contributed by atoms with Crippen LogP contribution in [0.5, 0.6) is 5.88 Å². The van der Waals surface area contributed by atoms with E-state index in [-0.39, 0.29) is 18.2 Å². The fraction of sp³-hybridized carbons (Fsp3) is 0.789. The second-order valence-corrected chi connectivity index (χ2v) is 9.54. The molecule has 9 heteroatoms. The summed E-state index contributed by atoms with van der Waals surface area (Å²) < 4.78 is 37.6. The number of aromatic nitrogens is 2. The van der Waals surface area contributed by atoms with Crippen molar-refractivity contribution >= 4 is 10.0 Å². The first-order valence-corrected chi connectivity index (χ1v) is 12.0. The Labute approximate surface area is 167 Å². The van der Waals surface area contributed by atoms with E-state index in [0.29, 0.717) is 25.0 Å². The highest BCUT2D eigenvalue weighted by Gasteiger charge is 2.32. The van der Waals surface area contributed by atoms with Crippen molar-refractivity contribution < 1.29 is 17.9 Å². The Bertz CT molecular complexity index is 750.